The largest absolute Gasteiger partial charge is 0.482 e. The molecule has 0 fully saturated rings. The third kappa shape index (κ3) is 3.14. The van der Waals surface area contributed by atoms with Gasteiger partial charge in [0.25, 0.3) is 5.56 Å². The smallest absolute Gasteiger partial charge is 0.344 e. The summed E-state index contributed by atoms with van der Waals surface area (Å²) in [7, 11) is 1.63. The molecule has 6 rings (SSSR count). The molecule has 0 saturated carbocycles. The van der Waals surface area contributed by atoms with Crippen molar-refractivity contribution in [1.82, 2.24) is 19.2 Å². The molecule has 0 saturated heterocycles. The third-order valence-electron chi connectivity index (χ3n) is 5.46. The second-order valence-electron chi connectivity index (χ2n) is 7.46. The fraction of sp³-hybridized carbons (Fsp3) is 0.130. The highest BCUT2D eigenvalue weighted by Gasteiger charge is 2.17. The van der Waals surface area contributed by atoms with Crippen LogP contribution in [-0.2, 0) is 23.2 Å². The molecule has 0 amide bonds. The third-order valence-corrected chi connectivity index (χ3v) is 6.36. The second kappa shape index (κ2) is 7.45. The highest BCUT2D eigenvalue weighted by molar-refractivity contribution is 7.17. The Bertz CT molecular complexity index is 1740. The van der Waals surface area contributed by atoms with Crippen molar-refractivity contribution in [3.05, 3.63) is 70.1 Å². The number of carbonyl (C=O) groups is 1. The van der Waals surface area contributed by atoms with Crippen LogP contribution in [0.3, 0.4) is 0 Å². The molecule has 33 heavy (non-hydrogen) atoms. The van der Waals surface area contributed by atoms with E-state index in [4.69, 9.17) is 13.9 Å². The molecular weight excluding hydrogens is 444 g/mol. The Morgan fingerprint density at radius 3 is 2.85 bits per heavy atom. The molecule has 0 N–H and O–H groups in total. The Morgan fingerprint density at radius 2 is 1.94 bits per heavy atom. The molecule has 0 aliphatic rings. The Hall–Kier alpha value is -4.18. The van der Waals surface area contributed by atoms with E-state index in [-0.39, 0.29) is 18.8 Å². The average Bonchev–Trinajstić information content (AvgIpc) is 3.56. The van der Waals surface area contributed by atoms with E-state index in [1.807, 2.05) is 47.8 Å². The van der Waals surface area contributed by atoms with Crippen molar-refractivity contribution in [3.8, 4) is 5.75 Å². The van der Waals surface area contributed by atoms with Crippen molar-refractivity contribution in [3.63, 3.8) is 0 Å². The number of hydrogen-bond acceptors (Lipinski definition) is 8. The fourth-order valence-corrected chi connectivity index (χ4v) is 4.72. The molecule has 0 radical (unpaired) electrons. The van der Waals surface area contributed by atoms with E-state index in [1.54, 1.807) is 17.5 Å². The first-order chi connectivity index (χ1) is 16.1. The molecule has 0 bridgehead atoms. The first-order valence-corrected chi connectivity index (χ1v) is 11.0. The monoisotopic (exact) mass is 460 g/mol. The number of rotatable bonds is 5. The molecule has 0 spiro atoms. The van der Waals surface area contributed by atoms with E-state index in [0.717, 1.165) is 21.9 Å². The molecule has 9 nitrogen and oxygen atoms in total. The van der Waals surface area contributed by atoms with Gasteiger partial charge in [-0.1, -0.05) is 18.2 Å². The summed E-state index contributed by atoms with van der Waals surface area (Å²) < 4.78 is 20.5. The van der Waals surface area contributed by atoms with Crippen molar-refractivity contribution in [2.24, 2.45) is 7.05 Å². The van der Waals surface area contributed by atoms with Crippen LogP contribution < -0.4 is 10.3 Å². The normalized spacial score (nSPS) is 11.7. The summed E-state index contributed by atoms with van der Waals surface area (Å²) in [5, 5.41) is 11.9. The summed E-state index contributed by atoms with van der Waals surface area (Å²) in [4.78, 5) is 24.8. The molecule has 0 aliphatic heterocycles. The van der Waals surface area contributed by atoms with Gasteiger partial charge in [0.2, 0.25) is 5.78 Å². The Kier molecular flexibility index (Phi) is 4.40. The Labute approximate surface area is 189 Å². The lowest BCUT2D eigenvalue weighted by Gasteiger charge is -2.08. The Balaban J connectivity index is 1.18. The van der Waals surface area contributed by atoms with Gasteiger partial charge in [-0.3, -0.25) is 13.8 Å². The minimum Gasteiger partial charge on any atom is -0.482 e. The molecule has 4 heterocycles. The van der Waals surface area contributed by atoms with E-state index in [1.165, 1.54) is 15.9 Å². The lowest BCUT2D eigenvalue weighted by molar-refractivity contribution is -0.147. The molecule has 0 aliphatic carbocycles. The first kappa shape index (κ1) is 19.5. The van der Waals surface area contributed by atoms with E-state index in [9.17, 15) is 9.59 Å². The summed E-state index contributed by atoms with van der Waals surface area (Å²) in [6, 6.07) is 15.0. The minimum absolute atomic E-state index is 0.0993. The van der Waals surface area contributed by atoms with E-state index in [0.29, 0.717) is 27.6 Å². The van der Waals surface area contributed by atoms with Crippen LogP contribution in [0.25, 0.3) is 37.9 Å². The second-order valence-corrected chi connectivity index (χ2v) is 8.37. The number of nitrogens with zero attached hydrogens (tertiary/aromatic N) is 4. The van der Waals surface area contributed by atoms with Gasteiger partial charge >= 0.3 is 5.97 Å². The number of ether oxygens (including phenoxy) is 2. The van der Waals surface area contributed by atoms with Gasteiger partial charge in [-0.25, -0.2) is 4.79 Å². The predicted octanol–water partition coefficient (Wildman–Crippen LogP) is 3.66. The van der Waals surface area contributed by atoms with Crippen molar-refractivity contribution in [2.75, 3.05) is 6.61 Å². The van der Waals surface area contributed by atoms with Crippen molar-refractivity contribution in [2.45, 2.75) is 6.61 Å². The van der Waals surface area contributed by atoms with Gasteiger partial charge < -0.3 is 13.9 Å². The zero-order valence-electron chi connectivity index (χ0n) is 17.3. The average molecular weight is 460 g/mol. The topological polar surface area (TPSA) is 101 Å². The molecule has 6 aromatic rings. The summed E-state index contributed by atoms with van der Waals surface area (Å²) in [6.07, 6.45) is 0. The maximum Gasteiger partial charge on any atom is 0.344 e. The predicted molar refractivity (Wildman–Crippen MR) is 123 cm³/mol. The lowest BCUT2D eigenvalue weighted by Crippen LogP contribution is -2.20. The zero-order valence-corrected chi connectivity index (χ0v) is 18.2. The van der Waals surface area contributed by atoms with Gasteiger partial charge in [0.05, 0.1) is 5.52 Å². The number of esters is 1. The van der Waals surface area contributed by atoms with Gasteiger partial charge in [0.1, 0.15) is 21.6 Å². The lowest BCUT2D eigenvalue weighted by atomic mass is 10.1. The van der Waals surface area contributed by atoms with Crippen molar-refractivity contribution < 1.29 is 18.7 Å². The molecule has 164 valence electrons. The standard InChI is InChI=1S/C23H16N4O5S/c1-26-22(29)21-16(8-9-33-21)27-19(24-25-23(26)27)11-31-20(28)12-30-13-6-7-18-15(10-13)14-4-2-3-5-17(14)32-18/h2-10H,11-12H2,1H3. The van der Waals surface area contributed by atoms with Crippen LogP contribution >= 0.6 is 11.3 Å². The number of hydrogen-bond donors (Lipinski definition) is 0. The number of furan rings is 1. The fourth-order valence-electron chi connectivity index (χ4n) is 3.87. The number of aromatic nitrogens is 4. The van der Waals surface area contributed by atoms with Crippen molar-refractivity contribution >= 4 is 55.2 Å². The van der Waals surface area contributed by atoms with Crippen LogP contribution in [0, 0.1) is 0 Å². The number of fused-ring (bicyclic) bond motifs is 6. The number of para-hydroxylation sites is 1. The highest BCUT2D eigenvalue weighted by atomic mass is 32.1. The highest BCUT2D eigenvalue weighted by Crippen LogP contribution is 2.31. The number of benzene rings is 2. The summed E-state index contributed by atoms with van der Waals surface area (Å²) in [6.45, 7) is -0.359. The molecule has 4 aromatic heterocycles. The first-order valence-electron chi connectivity index (χ1n) is 10.1. The number of carbonyl (C=O) groups excluding carboxylic acids is 1. The van der Waals surface area contributed by atoms with Crippen LogP contribution in [-0.4, -0.2) is 31.7 Å². The van der Waals surface area contributed by atoms with E-state index < -0.39 is 5.97 Å². The summed E-state index contributed by atoms with van der Waals surface area (Å²) >= 11 is 1.34. The molecule has 0 atom stereocenters. The van der Waals surface area contributed by atoms with E-state index in [2.05, 4.69) is 10.2 Å². The minimum atomic E-state index is -0.546. The summed E-state index contributed by atoms with van der Waals surface area (Å²) in [5.74, 6) is 0.793. The van der Waals surface area contributed by atoms with Gasteiger partial charge in [-0.2, -0.15) is 0 Å². The van der Waals surface area contributed by atoms with Gasteiger partial charge in [-0.05, 0) is 35.7 Å². The SMILES string of the molecule is Cn1c(=O)c2sccc2n2c(COC(=O)COc3ccc4oc5ccccc5c4c3)nnc12. The van der Waals surface area contributed by atoms with Crippen molar-refractivity contribution in [1.29, 1.82) is 0 Å². The van der Waals surface area contributed by atoms with E-state index >= 15 is 0 Å². The molecule has 0 unspecified atom stereocenters. The molecular formula is C23H16N4O5S. The van der Waals surface area contributed by atoms with Crippen LogP contribution in [0.1, 0.15) is 5.82 Å². The number of aryl methyl sites for hydroxylation is 1. The van der Waals surface area contributed by atoms with Gasteiger partial charge in [0, 0.05) is 17.8 Å². The quantitative estimate of drug-likeness (QED) is 0.362. The maximum atomic E-state index is 12.4. The van der Waals surface area contributed by atoms with Crippen LogP contribution in [0.15, 0.2) is 63.1 Å². The molecule has 10 heteroatoms. The Morgan fingerprint density at radius 1 is 1.09 bits per heavy atom. The van der Waals surface area contributed by atoms with Crippen LogP contribution in [0.2, 0.25) is 0 Å². The van der Waals surface area contributed by atoms with Gasteiger partial charge in [0.15, 0.2) is 19.0 Å². The summed E-state index contributed by atoms with van der Waals surface area (Å²) in [5.41, 5.74) is 2.09. The number of thiophene rings is 1. The molecule has 2 aromatic carbocycles. The van der Waals surface area contributed by atoms with Crippen LogP contribution in [0.5, 0.6) is 5.75 Å². The van der Waals surface area contributed by atoms with Crippen LogP contribution in [0.4, 0.5) is 0 Å². The van der Waals surface area contributed by atoms with Gasteiger partial charge in [-0.15, -0.1) is 21.5 Å². The zero-order chi connectivity index (χ0) is 22.5. The maximum absolute atomic E-state index is 12.4.